The largest absolute Gasteiger partial charge is 0.383 e. The summed E-state index contributed by atoms with van der Waals surface area (Å²) in [6.07, 6.45) is 0. The minimum Gasteiger partial charge on any atom is -0.383 e. The molecular weight excluding hydrogens is 471 g/mol. The number of rotatable bonds is 12. The zero-order valence-corrected chi connectivity index (χ0v) is 21.0. The molecule has 0 aliphatic heterocycles. The van der Waals surface area contributed by atoms with Gasteiger partial charge in [0, 0.05) is 30.0 Å². The molecule has 2 aromatic carbocycles. The number of halogens is 1. The fourth-order valence-electron chi connectivity index (χ4n) is 3.29. The average molecular weight is 501 g/mol. The van der Waals surface area contributed by atoms with Crippen molar-refractivity contribution in [2.45, 2.75) is 24.9 Å². The van der Waals surface area contributed by atoms with E-state index in [1.807, 2.05) is 48.7 Å². The summed E-state index contributed by atoms with van der Waals surface area (Å²) in [6, 6.07) is 17.9. The van der Waals surface area contributed by atoms with Crippen LogP contribution in [0.5, 0.6) is 0 Å². The number of carbonyl (C=O) groups is 2. The van der Waals surface area contributed by atoms with Gasteiger partial charge in [-0.2, -0.15) is 0 Å². The molecule has 0 radical (unpaired) electrons. The lowest BCUT2D eigenvalue weighted by Gasteiger charge is -2.28. The molecule has 1 heterocycles. The van der Waals surface area contributed by atoms with E-state index in [0.29, 0.717) is 26.2 Å². The lowest BCUT2D eigenvalue weighted by molar-refractivity contribution is -0.140. The van der Waals surface area contributed by atoms with Gasteiger partial charge < -0.3 is 14.5 Å². The standard InChI is InChI=1S/C26H29FN2O3S2/c1-20-12-15-33-24(20)17-29(16-21-8-10-22(27)11-9-21)25(30)18-28(13-14-32-2)26(31)19-34-23-6-4-3-5-7-23/h3-12,15H,13-14,16-19H2,1-2H3. The molecule has 0 aliphatic rings. The first kappa shape index (κ1) is 25.9. The molecule has 1 aromatic heterocycles. The molecule has 8 heteroatoms. The van der Waals surface area contributed by atoms with Gasteiger partial charge in [0.15, 0.2) is 0 Å². The van der Waals surface area contributed by atoms with Crippen molar-refractivity contribution in [3.63, 3.8) is 0 Å². The fourth-order valence-corrected chi connectivity index (χ4v) is 5.03. The number of nitrogens with zero attached hydrogens (tertiary/aromatic N) is 2. The SMILES string of the molecule is COCCN(CC(=O)N(Cc1ccc(F)cc1)Cc1sccc1C)C(=O)CSc1ccccc1. The topological polar surface area (TPSA) is 49.9 Å². The second-order valence-electron chi connectivity index (χ2n) is 7.81. The third-order valence-electron chi connectivity index (χ3n) is 5.29. The van der Waals surface area contributed by atoms with E-state index in [9.17, 15) is 14.0 Å². The summed E-state index contributed by atoms with van der Waals surface area (Å²) < 4.78 is 18.6. The van der Waals surface area contributed by atoms with Crippen LogP contribution in [-0.2, 0) is 27.4 Å². The highest BCUT2D eigenvalue weighted by Gasteiger charge is 2.22. The molecule has 180 valence electrons. The Morgan fingerprint density at radius 2 is 1.71 bits per heavy atom. The number of hydrogen-bond donors (Lipinski definition) is 0. The van der Waals surface area contributed by atoms with E-state index < -0.39 is 0 Å². The zero-order chi connectivity index (χ0) is 24.3. The van der Waals surface area contributed by atoms with Crippen LogP contribution in [0.2, 0.25) is 0 Å². The molecule has 0 bridgehead atoms. The van der Waals surface area contributed by atoms with E-state index in [0.717, 1.165) is 20.9 Å². The van der Waals surface area contributed by atoms with Gasteiger partial charge in [0.05, 0.1) is 25.4 Å². The molecule has 34 heavy (non-hydrogen) atoms. The first-order valence-electron chi connectivity index (χ1n) is 11.0. The lowest BCUT2D eigenvalue weighted by atomic mass is 10.2. The van der Waals surface area contributed by atoms with Crippen molar-refractivity contribution in [3.05, 3.63) is 87.9 Å². The van der Waals surface area contributed by atoms with Crippen LogP contribution in [-0.4, -0.2) is 54.2 Å². The number of thioether (sulfide) groups is 1. The van der Waals surface area contributed by atoms with Crippen LogP contribution in [0.1, 0.15) is 16.0 Å². The highest BCUT2D eigenvalue weighted by atomic mass is 32.2. The van der Waals surface area contributed by atoms with Gasteiger partial charge in [-0.1, -0.05) is 30.3 Å². The minimum atomic E-state index is -0.317. The highest BCUT2D eigenvalue weighted by Crippen LogP contribution is 2.21. The Labute approximate surface area is 208 Å². The van der Waals surface area contributed by atoms with E-state index in [1.165, 1.54) is 23.9 Å². The normalized spacial score (nSPS) is 10.8. The molecule has 0 saturated heterocycles. The number of amides is 2. The fraction of sp³-hybridized carbons (Fsp3) is 0.308. The van der Waals surface area contributed by atoms with E-state index in [2.05, 4.69) is 0 Å². The second-order valence-corrected chi connectivity index (χ2v) is 9.86. The summed E-state index contributed by atoms with van der Waals surface area (Å²) in [4.78, 5) is 31.8. The average Bonchev–Trinajstić information content (AvgIpc) is 3.25. The van der Waals surface area contributed by atoms with Crippen molar-refractivity contribution in [3.8, 4) is 0 Å². The van der Waals surface area contributed by atoms with E-state index >= 15 is 0 Å². The first-order valence-corrected chi connectivity index (χ1v) is 12.8. The summed E-state index contributed by atoms with van der Waals surface area (Å²) in [5.41, 5.74) is 1.95. The van der Waals surface area contributed by atoms with Crippen LogP contribution in [0, 0.1) is 12.7 Å². The predicted octanol–water partition coefficient (Wildman–Crippen LogP) is 4.99. The Bertz CT molecular complexity index is 1060. The summed E-state index contributed by atoms with van der Waals surface area (Å²) in [7, 11) is 1.57. The van der Waals surface area contributed by atoms with Gasteiger partial charge in [-0.25, -0.2) is 4.39 Å². The summed E-state index contributed by atoms with van der Waals surface area (Å²) in [5, 5.41) is 2.00. The number of benzene rings is 2. The van der Waals surface area contributed by atoms with Crippen LogP contribution in [0.15, 0.2) is 70.9 Å². The van der Waals surface area contributed by atoms with Crippen LogP contribution < -0.4 is 0 Å². The third kappa shape index (κ3) is 7.97. The molecular formula is C26H29FN2O3S2. The van der Waals surface area contributed by atoms with Gasteiger partial charge in [-0.15, -0.1) is 23.1 Å². The summed E-state index contributed by atoms with van der Waals surface area (Å²) in [5.74, 6) is -0.356. The molecule has 3 aromatic rings. The van der Waals surface area contributed by atoms with Gasteiger partial charge in [0.25, 0.3) is 0 Å². The lowest BCUT2D eigenvalue weighted by Crippen LogP contribution is -2.44. The van der Waals surface area contributed by atoms with Crippen LogP contribution >= 0.6 is 23.1 Å². The molecule has 0 atom stereocenters. The molecule has 0 unspecified atom stereocenters. The van der Waals surface area contributed by atoms with Gasteiger partial charge in [-0.05, 0) is 53.8 Å². The minimum absolute atomic E-state index is 0.0385. The van der Waals surface area contributed by atoms with Crippen LogP contribution in [0.25, 0.3) is 0 Å². The van der Waals surface area contributed by atoms with Crippen molar-refractivity contribution < 1.29 is 18.7 Å². The number of ether oxygens (including phenoxy) is 1. The van der Waals surface area contributed by atoms with E-state index in [4.69, 9.17) is 4.74 Å². The summed E-state index contributed by atoms with van der Waals surface area (Å²) >= 11 is 3.04. The Balaban J connectivity index is 1.72. The van der Waals surface area contributed by atoms with Gasteiger partial charge >= 0.3 is 0 Å². The quantitative estimate of drug-likeness (QED) is 0.329. The highest BCUT2D eigenvalue weighted by molar-refractivity contribution is 8.00. The molecule has 0 aliphatic carbocycles. The van der Waals surface area contributed by atoms with Crippen molar-refractivity contribution >= 4 is 34.9 Å². The third-order valence-corrected chi connectivity index (χ3v) is 7.30. The number of carbonyl (C=O) groups excluding carboxylic acids is 2. The second kappa shape index (κ2) is 13.3. The molecule has 0 N–H and O–H groups in total. The number of aryl methyl sites for hydroxylation is 1. The van der Waals surface area contributed by atoms with Crippen LogP contribution in [0.4, 0.5) is 4.39 Å². The Kier molecular flexibility index (Phi) is 10.1. The Hall–Kier alpha value is -2.68. The zero-order valence-electron chi connectivity index (χ0n) is 19.4. The van der Waals surface area contributed by atoms with Gasteiger partial charge in [-0.3, -0.25) is 9.59 Å². The predicted molar refractivity (Wildman–Crippen MR) is 135 cm³/mol. The number of hydrogen-bond acceptors (Lipinski definition) is 5. The molecule has 0 fully saturated rings. The molecule has 3 rings (SSSR count). The van der Waals surface area contributed by atoms with E-state index in [1.54, 1.807) is 40.4 Å². The van der Waals surface area contributed by atoms with Gasteiger partial charge in [0.1, 0.15) is 5.82 Å². The first-order chi connectivity index (χ1) is 16.5. The van der Waals surface area contributed by atoms with Crippen molar-refractivity contribution in [1.29, 1.82) is 0 Å². The monoisotopic (exact) mass is 500 g/mol. The Morgan fingerprint density at radius 1 is 0.971 bits per heavy atom. The molecule has 5 nitrogen and oxygen atoms in total. The maximum absolute atomic E-state index is 13.4. The molecule has 0 saturated carbocycles. The number of methoxy groups -OCH3 is 1. The number of thiophene rings is 1. The van der Waals surface area contributed by atoms with E-state index in [-0.39, 0.29) is 29.9 Å². The molecule has 0 spiro atoms. The van der Waals surface area contributed by atoms with Gasteiger partial charge in [0.2, 0.25) is 11.8 Å². The maximum atomic E-state index is 13.4. The smallest absolute Gasteiger partial charge is 0.242 e. The van der Waals surface area contributed by atoms with Crippen molar-refractivity contribution in [2.24, 2.45) is 0 Å². The van der Waals surface area contributed by atoms with Crippen LogP contribution in [0.3, 0.4) is 0 Å². The Morgan fingerprint density at radius 3 is 2.35 bits per heavy atom. The van der Waals surface area contributed by atoms with Crippen molar-refractivity contribution in [2.75, 3.05) is 32.6 Å². The van der Waals surface area contributed by atoms with Crippen molar-refractivity contribution in [1.82, 2.24) is 9.80 Å². The molecule has 2 amide bonds. The summed E-state index contributed by atoms with van der Waals surface area (Å²) in [6.45, 7) is 3.42. The maximum Gasteiger partial charge on any atom is 0.242 e.